The summed E-state index contributed by atoms with van der Waals surface area (Å²) in [7, 11) is 0. The first-order chi connectivity index (χ1) is 10.3. The summed E-state index contributed by atoms with van der Waals surface area (Å²) in [4.78, 5) is 7.81. The van der Waals surface area contributed by atoms with Gasteiger partial charge in [-0.25, -0.2) is 4.98 Å². The lowest BCUT2D eigenvalue weighted by molar-refractivity contribution is 0.297. The highest BCUT2D eigenvalue weighted by Gasteiger charge is 2.14. The van der Waals surface area contributed by atoms with Gasteiger partial charge in [0.2, 0.25) is 0 Å². The lowest BCUT2D eigenvalue weighted by Gasteiger charge is -2.05. The fourth-order valence-electron chi connectivity index (χ4n) is 2.46. The topological polar surface area (TPSA) is 67.4 Å². The van der Waals surface area contributed by atoms with Gasteiger partial charge in [0.25, 0.3) is 0 Å². The molecule has 0 spiro atoms. The monoisotopic (exact) mass is 282 g/mol. The Morgan fingerprint density at radius 3 is 2.67 bits per heavy atom. The molecule has 2 aromatic carbocycles. The number of H-pyrrole nitrogens is 1. The molecule has 2 heterocycles. The highest BCUT2D eigenvalue weighted by Crippen LogP contribution is 2.34. The van der Waals surface area contributed by atoms with Crippen molar-refractivity contribution in [3.63, 3.8) is 0 Å². The van der Waals surface area contributed by atoms with Crippen LogP contribution in [0.4, 0.5) is 0 Å². The highest BCUT2D eigenvalue weighted by atomic mass is 16.5. The SMILES string of the molecule is Oc1cccc(-c2nc3cc4c(cc3[nH]2)OCCCO4)c1. The Labute approximate surface area is 121 Å². The Hall–Kier alpha value is -2.69. The fourth-order valence-corrected chi connectivity index (χ4v) is 2.46. The van der Waals surface area contributed by atoms with Crippen molar-refractivity contribution in [1.82, 2.24) is 9.97 Å². The first kappa shape index (κ1) is 12.1. The second kappa shape index (κ2) is 4.70. The number of nitrogens with one attached hydrogen (secondary N) is 1. The van der Waals surface area contributed by atoms with Crippen LogP contribution in [0.3, 0.4) is 0 Å². The van der Waals surface area contributed by atoms with Gasteiger partial charge in [0.05, 0.1) is 24.2 Å². The van der Waals surface area contributed by atoms with Gasteiger partial charge in [-0.3, -0.25) is 0 Å². The molecule has 21 heavy (non-hydrogen) atoms. The smallest absolute Gasteiger partial charge is 0.163 e. The first-order valence-electron chi connectivity index (χ1n) is 6.88. The van der Waals surface area contributed by atoms with Crippen LogP contribution >= 0.6 is 0 Å². The van der Waals surface area contributed by atoms with E-state index < -0.39 is 0 Å². The molecule has 0 saturated heterocycles. The molecule has 0 fully saturated rings. The standard InChI is InChI=1S/C16H14N2O3/c19-11-4-1-3-10(7-11)16-17-12-8-14-15(9-13(12)18-16)21-6-2-5-20-14/h1,3-4,7-9,19H,2,5-6H2,(H,17,18). The van der Waals surface area contributed by atoms with Crippen LogP contribution in [0.5, 0.6) is 17.2 Å². The molecule has 0 saturated carbocycles. The van der Waals surface area contributed by atoms with Crippen molar-refractivity contribution < 1.29 is 14.6 Å². The number of rotatable bonds is 1. The molecule has 0 unspecified atom stereocenters. The van der Waals surface area contributed by atoms with Crippen LogP contribution < -0.4 is 9.47 Å². The van der Waals surface area contributed by atoms with E-state index >= 15 is 0 Å². The number of phenols is 1. The third-order valence-electron chi connectivity index (χ3n) is 3.47. The summed E-state index contributed by atoms with van der Waals surface area (Å²) >= 11 is 0. The van der Waals surface area contributed by atoms with Crippen molar-refractivity contribution in [1.29, 1.82) is 0 Å². The lowest BCUT2D eigenvalue weighted by Crippen LogP contribution is -1.97. The predicted octanol–water partition coefficient (Wildman–Crippen LogP) is 3.10. The Kier molecular flexibility index (Phi) is 2.70. The molecule has 3 aromatic rings. The van der Waals surface area contributed by atoms with E-state index in [0.29, 0.717) is 19.0 Å². The van der Waals surface area contributed by atoms with Crippen LogP contribution in [0.15, 0.2) is 36.4 Å². The van der Waals surface area contributed by atoms with Gasteiger partial charge in [0, 0.05) is 24.1 Å². The summed E-state index contributed by atoms with van der Waals surface area (Å²) in [6.45, 7) is 1.31. The largest absolute Gasteiger partial charge is 0.508 e. The van der Waals surface area contributed by atoms with Crippen molar-refractivity contribution in [2.75, 3.05) is 13.2 Å². The van der Waals surface area contributed by atoms with Gasteiger partial charge < -0.3 is 19.6 Å². The number of aromatic nitrogens is 2. The maximum atomic E-state index is 9.57. The van der Waals surface area contributed by atoms with Crippen molar-refractivity contribution in [2.24, 2.45) is 0 Å². The van der Waals surface area contributed by atoms with Crippen molar-refractivity contribution in [2.45, 2.75) is 6.42 Å². The van der Waals surface area contributed by atoms with Crippen LogP contribution in [0.2, 0.25) is 0 Å². The van der Waals surface area contributed by atoms with E-state index in [1.54, 1.807) is 18.2 Å². The zero-order valence-electron chi connectivity index (χ0n) is 11.3. The first-order valence-corrected chi connectivity index (χ1v) is 6.88. The maximum absolute atomic E-state index is 9.57. The van der Waals surface area contributed by atoms with E-state index in [0.717, 1.165) is 34.5 Å². The van der Waals surface area contributed by atoms with E-state index in [1.807, 2.05) is 18.2 Å². The molecule has 5 nitrogen and oxygen atoms in total. The molecule has 4 rings (SSSR count). The Bertz CT molecular complexity index is 767. The minimum atomic E-state index is 0.218. The number of nitrogens with zero attached hydrogens (tertiary/aromatic N) is 1. The second-order valence-corrected chi connectivity index (χ2v) is 5.00. The molecule has 0 bridgehead atoms. The molecule has 0 aliphatic carbocycles. The average molecular weight is 282 g/mol. The summed E-state index contributed by atoms with van der Waals surface area (Å²) in [5.41, 5.74) is 2.54. The van der Waals surface area contributed by atoms with Gasteiger partial charge in [0.15, 0.2) is 11.5 Å². The summed E-state index contributed by atoms with van der Waals surface area (Å²) in [6.07, 6.45) is 0.880. The number of aromatic hydroxyl groups is 1. The molecular weight excluding hydrogens is 268 g/mol. The second-order valence-electron chi connectivity index (χ2n) is 5.00. The molecule has 0 atom stereocenters. The Morgan fingerprint density at radius 2 is 1.86 bits per heavy atom. The van der Waals surface area contributed by atoms with Gasteiger partial charge in [-0.2, -0.15) is 0 Å². The van der Waals surface area contributed by atoms with Crippen molar-refractivity contribution >= 4 is 11.0 Å². The van der Waals surface area contributed by atoms with Crippen molar-refractivity contribution in [3.8, 4) is 28.6 Å². The zero-order valence-corrected chi connectivity index (χ0v) is 11.3. The Balaban J connectivity index is 1.83. The number of phenolic OH excluding ortho intramolecular Hbond substituents is 1. The lowest BCUT2D eigenvalue weighted by atomic mass is 10.2. The summed E-state index contributed by atoms with van der Waals surface area (Å²) in [5.74, 6) is 2.40. The van der Waals surface area contributed by atoms with Gasteiger partial charge in [-0.15, -0.1) is 0 Å². The molecule has 1 aromatic heterocycles. The van der Waals surface area contributed by atoms with Crippen LogP contribution in [0, 0.1) is 0 Å². The third kappa shape index (κ3) is 2.16. The van der Waals surface area contributed by atoms with Crippen LogP contribution in [-0.4, -0.2) is 28.3 Å². The van der Waals surface area contributed by atoms with Crippen LogP contribution in [0.25, 0.3) is 22.4 Å². The predicted molar refractivity (Wildman–Crippen MR) is 78.8 cm³/mol. The fraction of sp³-hybridized carbons (Fsp3) is 0.188. The van der Waals surface area contributed by atoms with E-state index in [9.17, 15) is 5.11 Å². The molecule has 2 N–H and O–H groups in total. The molecular formula is C16H14N2O3. The van der Waals surface area contributed by atoms with Gasteiger partial charge in [-0.05, 0) is 12.1 Å². The van der Waals surface area contributed by atoms with E-state index in [-0.39, 0.29) is 5.75 Å². The van der Waals surface area contributed by atoms with E-state index in [1.165, 1.54) is 0 Å². The minimum Gasteiger partial charge on any atom is -0.508 e. The number of benzene rings is 2. The van der Waals surface area contributed by atoms with Crippen LogP contribution in [0.1, 0.15) is 6.42 Å². The number of hydrogen-bond acceptors (Lipinski definition) is 4. The summed E-state index contributed by atoms with van der Waals surface area (Å²) < 4.78 is 11.3. The summed E-state index contributed by atoms with van der Waals surface area (Å²) in [6, 6.07) is 10.8. The maximum Gasteiger partial charge on any atom is 0.163 e. The van der Waals surface area contributed by atoms with Gasteiger partial charge >= 0.3 is 0 Å². The number of fused-ring (bicyclic) bond motifs is 2. The van der Waals surface area contributed by atoms with Gasteiger partial charge in [0.1, 0.15) is 11.6 Å². The van der Waals surface area contributed by atoms with Crippen molar-refractivity contribution in [3.05, 3.63) is 36.4 Å². The number of imidazole rings is 1. The van der Waals surface area contributed by atoms with E-state index in [2.05, 4.69) is 9.97 Å². The van der Waals surface area contributed by atoms with E-state index in [4.69, 9.17) is 9.47 Å². The molecule has 5 heteroatoms. The molecule has 106 valence electrons. The minimum absolute atomic E-state index is 0.218. The quantitative estimate of drug-likeness (QED) is 0.719. The molecule has 1 aliphatic heterocycles. The number of hydrogen-bond donors (Lipinski definition) is 2. The molecule has 1 aliphatic rings. The molecule has 0 radical (unpaired) electrons. The Morgan fingerprint density at radius 1 is 1.05 bits per heavy atom. The summed E-state index contributed by atoms with van der Waals surface area (Å²) in [5, 5.41) is 9.57. The normalized spacial score (nSPS) is 14.1. The number of aromatic amines is 1. The highest BCUT2D eigenvalue weighted by molar-refractivity contribution is 5.83. The van der Waals surface area contributed by atoms with Crippen LogP contribution in [-0.2, 0) is 0 Å². The molecule has 0 amide bonds. The average Bonchev–Trinajstić information content (AvgIpc) is 2.76. The van der Waals surface area contributed by atoms with Gasteiger partial charge in [-0.1, -0.05) is 12.1 Å². The zero-order chi connectivity index (χ0) is 14.2. The number of ether oxygens (including phenoxy) is 2. The third-order valence-corrected chi connectivity index (χ3v) is 3.47.